The number of hydrogen-bond acceptors (Lipinski definition) is 5. The molecule has 0 saturated carbocycles. The molecular weight excluding hydrogens is 394 g/mol. The molecule has 3 rings (SSSR count). The van der Waals surface area contributed by atoms with Crippen molar-refractivity contribution in [3.8, 4) is 0 Å². The molecule has 172 valence electrons. The van der Waals surface area contributed by atoms with E-state index in [2.05, 4.69) is 22.6 Å². The molecule has 2 amide bonds. The second-order valence-electron chi connectivity index (χ2n) is 8.64. The topological polar surface area (TPSA) is 89.4 Å². The van der Waals surface area contributed by atoms with Crippen molar-refractivity contribution in [1.82, 2.24) is 25.2 Å². The Hall–Kier alpha value is -2.38. The van der Waals surface area contributed by atoms with Crippen LogP contribution in [0, 0.1) is 0 Å². The molecule has 2 saturated heterocycles. The number of carbonyl (C=O) groups is 2. The summed E-state index contributed by atoms with van der Waals surface area (Å²) in [5.74, 6) is 0.172. The summed E-state index contributed by atoms with van der Waals surface area (Å²) in [6.07, 6.45) is 17.8. The quantitative estimate of drug-likeness (QED) is 0.350. The van der Waals surface area contributed by atoms with Crippen molar-refractivity contribution in [2.75, 3.05) is 6.54 Å². The predicted molar refractivity (Wildman–Crippen MR) is 118 cm³/mol. The molecule has 1 aromatic heterocycles. The van der Waals surface area contributed by atoms with E-state index >= 15 is 0 Å². The Morgan fingerprint density at radius 1 is 1.16 bits per heavy atom. The highest BCUT2D eigenvalue weighted by Crippen LogP contribution is 2.31. The van der Waals surface area contributed by atoms with Gasteiger partial charge in [0.2, 0.25) is 5.91 Å². The molecule has 2 fully saturated rings. The van der Waals surface area contributed by atoms with Gasteiger partial charge in [0.05, 0.1) is 18.8 Å². The molecular formula is C23H37N5O3. The fourth-order valence-corrected chi connectivity index (χ4v) is 4.28. The molecule has 8 heteroatoms. The van der Waals surface area contributed by atoms with E-state index in [-0.39, 0.29) is 18.0 Å². The number of amides is 2. The molecule has 0 aliphatic carbocycles. The molecule has 1 N–H and O–H groups in total. The SMILES string of the molecule is CCCCCCCCCCCCn1cc(CNC(=O)/C=C2\OC(=O)N3CCC[C@@H]23)nn1. The molecule has 8 nitrogen and oxygen atoms in total. The molecule has 2 aliphatic heterocycles. The molecule has 1 atom stereocenters. The van der Waals surface area contributed by atoms with Crippen LogP contribution in [0.2, 0.25) is 0 Å². The number of carbonyl (C=O) groups excluding carboxylic acids is 2. The average molecular weight is 432 g/mol. The van der Waals surface area contributed by atoms with Gasteiger partial charge in [-0.15, -0.1) is 5.10 Å². The van der Waals surface area contributed by atoms with Crippen molar-refractivity contribution in [2.24, 2.45) is 0 Å². The van der Waals surface area contributed by atoms with Gasteiger partial charge < -0.3 is 10.1 Å². The predicted octanol–water partition coefficient (Wildman–Crippen LogP) is 4.31. The van der Waals surface area contributed by atoms with Gasteiger partial charge in [-0.25, -0.2) is 4.79 Å². The second-order valence-corrected chi connectivity index (χ2v) is 8.64. The molecule has 0 radical (unpaired) electrons. The Morgan fingerprint density at radius 2 is 1.87 bits per heavy atom. The molecule has 0 aromatic carbocycles. The van der Waals surface area contributed by atoms with Gasteiger partial charge in [0.25, 0.3) is 0 Å². The highest BCUT2D eigenvalue weighted by Gasteiger charge is 2.41. The number of rotatable bonds is 14. The third-order valence-corrected chi connectivity index (χ3v) is 6.06. The minimum Gasteiger partial charge on any atom is -0.412 e. The van der Waals surface area contributed by atoms with E-state index in [1.807, 2.05) is 10.9 Å². The van der Waals surface area contributed by atoms with Crippen molar-refractivity contribution >= 4 is 12.0 Å². The van der Waals surface area contributed by atoms with E-state index in [4.69, 9.17) is 4.74 Å². The zero-order valence-electron chi connectivity index (χ0n) is 18.9. The highest BCUT2D eigenvalue weighted by atomic mass is 16.6. The lowest BCUT2D eigenvalue weighted by Crippen LogP contribution is -2.27. The molecule has 31 heavy (non-hydrogen) atoms. The van der Waals surface area contributed by atoms with Gasteiger partial charge >= 0.3 is 6.09 Å². The summed E-state index contributed by atoms with van der Waals surface area (Å²) in [7, 11) is 0. The number of cyclic esters (lactones) is 1. The lowest BCUT2D eigenvalue weighted by Gasteiger charge is -2.09. The summed E-state index contributed by atoms with van der Waals surface area (Å²) in [5.41, 5.74) is 0.727. The van der Waals surface area contributed by atoms with Crippen molar-refractivity contribution in [3.05, 3.63) is 23.7 Å². The summed E-state index contributed by atoms with van der Waals surface area (Å²) in [4.78, 5) is 25.6. The van der Waals surface area contributed by atoms with E-state index in [9.17, 15) is 9.59 Å². The Morgan fingerprint density at radius 3 is 2.61 bits per heavy atom. The van der Waals surface area contributed by atoms with Crippen LogP contribution in [0.5, 0.6) is 0 Å². The van der Waals surface area contributed by atoms with Crippen molar-refractivity contribution < 1.29 is 14.3 Å². The standard InChI is InChI=1S/C23H37N5O3/c1-2-3-4-5-6-7-8-9-10-11-14-27-18-19(25-26-27)17-24-22(29)16-21-20-13-12-15-28(20)23(30)31-21/h16,18,20H,2-15,17H2,1H3,(H,24,29)/b21-16-/t20-/m0/s1. The Labute approximate surface area is 185 Å². The Balaban J connectivity index is 1.27. The summed E-state index contributed by atoms with van der Waals surface area (Å²) in [6, 6.07) is -0.0832. The fourth-order valence-electron chi connectivity index (χ4n) is 4.28. The van der Waals surface area contributed by atoms with Crippen LogP contribution in [0.4, 0.5) is 4.79 Å². The van der Waals surface area contributed by atoms with Gasteiger partial charge in [-0.2, -0.15) is 0 Å². The van der Waals surface area contributed by atoms with Crippen LogP contribution in [0.25, 0.3) is 0 Å². The Kier molecular flexibility index (Phi) is 9.37. The molecule has 0 bridgehead atoms. The summed E-state index contributed by atoms with van der Waals surface area (Å²) >= 11 is 0. The lowest BCUT2D eigenvalue weighted by atomic mass is 10.1. The maximum absolute atomic E-state index is 12.2. The first kappa shape index (κ1) is 23.3. The second kappa shape index (κ2) is 12.5. The number of aromatic nitrogens is 3. The van der Waals surface area contributed by atoms with Gasteiger partial charge in [0.15, 0.2) is 0 Å². The van der Waals surface area contributed by atoms with Gasteiger partial charge in [0.1, 0.15) is 11.5 Å². The molecule has 0 unspecified atom stereocenters. The van der Waals surface area contributed by atoms with E-state index in [0.29, 0.717) is 18.8 Å². The maximum Gasteiger partial charge on any atom is 0.415 e. The zero-order valence-corrected chi connectivity index (χ0v) is 18.9. The minimum atomic E-state index is -0.350. The van der Waals surface area contributed by atoms with Crippen LogP contribution in [-0.4, -0.2) is 44.5 Å². The van der Waals surface area contributed by atoms with Crippen molar-refractivity contribution in [1.29, 1.82) is 0 Å². The van der Waals surface area contributed by atoms with Gasteiger partial charge in [-0.05, 0) is 19.3 Å². The van der Waals surface area contributed by atoms with Gasteiger partial charge in [-0.3, -0.25) is 14.4 Å². The van der Waals surface area contributed by atoms with Crippen LogP contribution >= 0.6 is 0 Å². The maximum atomic E-state index is 12.2. The number of nitrogens with one attached hydrogen (secondary N) is 1. The number of nitrogens with zero attached hydrogens (tertiary/aromatic N) is 4. The first-order valence-corrected chi connectivity index (χ1v) is 12.0. The first-order chi connectivity index (χ1) is 15.2. The fraction of sp³-hybridized carbons (Fsp3) is 0.739. The number of fused-ring (bicyclic) bond motifs is 1. The van der Waals surface area contributed by atoms with Crippen LogP contribution < -0.4 is 5.32 Å². The lowest BCUT2D eigenvalue weighted by molar-refractivity contribution is -0.116. The van der Waals surface area contributed by atoms with Gasteiger partial charge in [-0.1, -0.05) is 69.9 Å². The number of aryl methyl sites for hydroxylation is 1. The molecule has 0 spiro atoms. The third-order valence-electron chi connectivity index (χ3n) is 6.06. The molecule has 3 heterocycles. The van der Waals surface area contributed by atoms with E-state index in [0.717, 1.165) is 31.5 Å². The number of ether oxygens (including phenoxy) is 1. The van der Waals surface area contributed by atoms with Gasteiger partial charge in [0, 0.05) is 19.2 Å². The van der Waals surface area contributed by atoms with Crippen LogP contribution in [0.15, 0.2) is 18.0 Å². The zero-order chi connectivity index (χ0) is 21.9. The van der Waals surface area contributed by atoms with E-state index in [1.54, 1.807) is 4.90 Å². The normalized spacial score (nSPS) is 19.1. The van der Waals surface area contributed by atoms with Crippen molar-refractivity contribution in [3.63, 3.8) is 0 Å². The van der Waals surface area contributed by atoms with Crippen LogP contribution in [0.3, 0.4) is 0 Å². The monoisotopic (exact) mass is 431 g/mol. The van der Waals surface area contributed by atoms with E-state index in [1.165, 1.54) is 63.9 Å². The number of unbranched alkanes of at least 4 members (excludes halogenated alkanes) is 9. The molecule has 2 aliphatic rings. The highest BCUT2D eigenvalue weighted by molar-refractivity contribution is 5.89. The van der Waals surface area contributed by atoms with Crippen LogP contribution in [-0.2, 0) is 22.6 Å². The van der Waals surface area contributed by atoms with Crippen LogP contribution in [0.1, 0.15) is 89.7 Å². The molecule has 1 aromatic rings. The summed E-state index contributed by atoms with van der Waals surface area (Å²) in [6.45, 7) is 4.12. The van der Waals surface area contributed by atoms with Crippen molar-refractivity contribution in [2.45, 2.75) is 103 Å². The first-order valence-electron chi connectivity index (χ1n) is 12.0. The third kappa shape index (κ3) is 7.36. The smallest absolute Gasteiger partial charge is 0.412 e. The summed E-state index contributed by atoms with van der Waals surface area (Å²) < 4.78 is 7.06. The summed E-state index contributed by atoms with van der Waals surface area (Å²) in [5, 5.41) is 11.1. The van der Waals surface area contributed by atoms with E-state index < -0.39 is 0 Å². The average Bonchev–Trinajstić information content (AvgIpc) is 3.48. The number of hydrogen-bond donors (Lipinski definition) is 1. The largest absolute Gasteiger partial charge is 0.415 e. The minimum absolute atomic E-state index is 0.0832. The Bertz CT molecular complexity index is 745.